The van der Waals surface area contributed by atoms with Crippen LogP contribution in [0.1, 0.15) is 47.0 Å². The van der Waals surface area contributed by atoms with Crippen LogP contribution < -0.4 is 0 Å². The number of carbonyl (C=O) groups is 2. The molecule has 0 aromatic heterocycles. The first-order valence-corrected chi connectivity index (χ1v) is 7.68. The summed E-state index contributed by atoms with van der Waals surface area (Å²) in [4.78, 5) is 25.3. The van der Waals surface area contributed by atoms with E-state index >= 15 is 0 Å². The number of hydrogen-bond donors (Lipinski definition) is 0. The fourth-order valence-electron chi connectivity index (χ4n) is 2.95. The molecular formula is C15H27NO4. The molecule has 1 heterocycles. The number of nitrogens with zero attached hydrogens (tertiary/aromatic N) is 1. The van der Waals surface area contributed by atoms with Crippen molar-refractivity contribution in [2.45, 2.75) is 53.1 Å². The number of esters is 1. The van der Waals surface area contributed by atoms with Crippen LogP contribution in [0.5, 0.6) is 0 Å². The topological polar surface area (TPSA) is 55.8 Å². The Kier molecular flexibility index (Phi) is 6.46. The Morgan fingerprint density at radius 2 is 1.95 bits per heavy atom. The minimum atomic E-state index is -0.316. The van der Waals surface area contributed by atoms with Crippen LogP contribution in [0.4, 0.5) is 0 Å². The van der Waals surface area contributed by atoms with Crippen LogP contribution in [0.2, 0.25) is 0 Å². The van der Waals surface area contributed by atoms with Gasteiger partial charge in [-0.15, -0.1) is 0 Å². The smallest absolute Gasteiger partial charge is 0.325 e. The Balaban J connectivity index is 0.000000956. The summed E-state index contributed by atoms with van der Waals surface area (Å²) in [5.41, 5.74) is -0.244. The van der Waals surface area contributed by atoms with Gasteiger partial charge in [-0.2, -0.15) is 0 Å². The standard InChI is InChI=1S/C13H21NO4.C2H6/c1-3-17-10-7-13(8-10)5-6-14(12(13)16)9-11(15)18-4-2;1-2/h10H,3-9H2,1-2H3;1-2H3. The molecule has 0 aromatic carbocycles. The van der Waals surface area contributed by atoms with Crippen molar-refractivity contribution in [1.82, 2.24) is 4.90 Å². The molecule has 1 aliphatic carbocycles. The van der Waals surface area contributed by atoms with Gasteiger partial charge in [0.25, 0.3) is 0 Å². The fourth-order valence-corrected chi connectivity index (χ4v) is 2.95. The maximum atomic E-state index is 12.3. The van der Waals surface area contributed by atoms with Gasteiger partial charge < -0.3 is 14.4 Å². The minimum Gasteiger partial charge on any atom is -0.465 e. The van der Waals surface area contributed by atoms with E-state index in [9.17, 15) is 9.59 Å². The van der Waals surface area contributed by atoms with Gasteiger partial charge in [0, 0.05) is 13.2 Å². The number of hydrogen-bond acceptors (Lipinski definition) is 4. The third-order valence-electron chi connectivity index (χ3n) is 3.87. The molecule has 2 fully saturated rings. The summed E-state index contributed by atoms with van der Waals surface area (Å²) in [7, 11) is 0. The van der Waals surface area contributed by atoms with Crippen molar-refractivity contribution < 1.29 is 19.1 Å². The Labute approximate surface area is 121 Å². The molecule has 1 amide bonds. The van der Waals surface area contributed by atoms with Crippen LogP contribution >= 0.6 is 0 Å². The molecule has 1 saturated heterocycles. The predicted molar refractivity (Wildman–Crippen MR) is 76.3 cm³/mol. The summed E-state index contributed by atoms with van der Waals surface area (Å²) < 4.78 is 10.4. The van der Waals surface area contributed by atoms with Gasteiger partial charge >= 0.3 is 5.97 Å². The summed E-state index contributed by atoms with van der Waals surface area (Å²) in [6.45, 7) is 9.54. The number of ether oxygens (including phenoxy) is 2. The molecule has 1 saturated carbocycles. The van der Waals surface area contributed by atoms with Gasteiger partial charge in [-0.1, -0.05) is 13.8 Å². The Hall–Kier alpha value is -1.10. The quantitative estimate of drug-likeness (QED) is 0.725. The molecule has 5 heteroatoms. The molecule has 0 unspecified atom stereocenters. The first kappa shape index (κ1) is 17.0. The molecule has 0 bridgehead atoms. The highest BCUT2D eigenvalue weighted by Gasteiger charge is 2.55. The molecule has 20 heavy (non-hydrogen) atoms. The Bertz CT molecular complexity index is 337. The summed E-state index contributed by atoms with van der Waals surface area (Å²) in [6, 6.07) is 0. The van der Waals surface area contributed by atoms with Crippen LogP contribution in [0.3, 0.4) is 0 Å². The average Bonchev–Trinajstić information content (AvgIpc) is 2.71. The van der Waals surface area contributed by atoms with E-state index < -0.39 is 0 Å². The van der Waals surface area contributed by atoms with E-state index in [1.54, 1.807) is 11.8 Å². The Morgan fingerprint density at radius 3 is 2.50 bits per heavy atom. The fraction of sp³-hybridized carbons (Fsp3) is 0.867. The van der Waals surface area contributed by atoms with E-state index in [1.807, 2.05) is 20.8 Å². The highest BCUT2D eigenvalue weighted by atomic mass is 16.5. The molecule has 0 radical (unpaired) electrons. The van der Waals surface area contributed by atoms with Crippen LogP contribution in [-0.4, -0.2) is 49.2 Å². The highest BCUT2D eigenvalue weighted by molar-refractivity contribution is 5.89. The summed E-state index contributed by atoms with van der Waals surface area (Å²) in [5.74, 6) is -0.213. The van der Waals surface area contributed by atoms with Crippen molar-refractivity contribution in [2.75, 3.05) is 26.3 Å². The van der Waals surface area contributed by atoms with Crippen LogP contribution in [-0.2, 0) is 19.1 Å². The van der Waals surface area contributed by atoms with E-state index in [-0.39, 0.29) is 29.9 Å². The molecular weight excluding hydrogens is 258 g/mol. The number of carbonyl (C=O) groups excluding carboxylic acids is 2. The van der Waals surface area contributed by atoms with Crippen molar-refractivity contribution >= 4 is 11.9 Å². The molecule has 2 aliphatic rings. The van der Waals surface area contributed by atoms with Gasteiger partial charge in [0.05, 0.1) is 18.1 Å². The first-order chi connectivity index (χ1) is 9.61. The molecule has 0 N–H and O–H groups in total. The third kappa shape index (κ3) is 3.51. The second kappa shape index (κ2) is 7.62. The van der Waals surface area contributed by atoms with Crippen molar-refractivity contribution in [2.24, 2.45) is 5.41 Å². The molecule has 1 spiro atoms. The van der Waals surface area contributed by atoms with Gasteiger partial charge in [-0.25, -0.2) is 0 Å². The predicted octanol–water partition coefficient (Wildman–Crippen LogP) is 1.99. The average molecular weight is 285 g/mol. The van der Waals surface area contributed by atoms with E-state index in [1.165, 1.54) is 0 Å². The summed E-state index contributed by atoms with van der Waals surface area (Å²) in [6.07, 6.45) is 2.67. The second-order valence-electron chi connectivity index (χ2n) is 5.05. The molecule has 5 nitrogen and oxygen atoms in total. The van der Waals surface area contributed by atoms with Gasteiger partial charge in [0.2, 0.25) is 5.91 Å². The number of rotatable bonds is 5. The van der Waals surface area contributed by atoms with Crippen LogP contribution in [0, 0.1) is 5.41 Å². The second-order valence-corrected chi connectivity index (χ2v) is 5.05. The lowest BCUT2D eigenvalue weighted by Gasteiger charge is -2.42. The van der Waals surface area contributed by atoms with Crippen LogP contribution in [0.25, 0.3) is 0 Å². The van der Waals surface area contributed by atoms with Gasteiger partial charge in [0.1, 0.15) is 6.54 Å². The van der Waals surface area contributed by atoms with Crippen molar-refractivity contribution in [3.05, 3.63) is 0 Å². The summed E-state index contributed by atoms with van der Waals surface area (Å²) >= 11 is 0. The van der Waals surface area contributed by atoms with E-state index in [0.29, 0.717) is 19.8 Å². The van der Waals surface area contributed by atoms with Crippen LogP contribution in [0.15, 0.2) is 0 Å². The maximum absolute atomic E-state index is 12.3. The van der Waals surface area contributed by atoms with Gasteiger partial charge in [-0.05, 0) is 33.1 Å². The van der Waals surface area contributed by atoms with Gasteiger partial charge in [0.15, 0.2) is 0 Å². The van der Waals surface area contributed by atoms with Crippen molar-refractivity contribution in [3.8, 4) is 0 Å². The molecule has 0 atom stereocenters. The lowest BCUT2D eigenvalue weighted by Crippen LogP contribution is -2.48. The van der Waals surface area contributed by atoms with E-state index in [0.717, 1.165) is 19.3 Å². The lowest BCUT2D eigenvalue weighted by molar-refractivity contribution is -0.156. The third-order valence-corrected chi connectivity index (χ3v) is 3.87. The molecule has 0 aromatic rings. The van der Waals surface area contributed by atoms with E-state index in [4.69, 9.17) is 9.47 Å². The zero-order valence-electron chi connectivity index (χ0n) is 13.1. The van der Waals surface area contributed by atoms with Gasteiger partial charge in [-0.3, -0.25) is 9.59 Å². The number of amides is 1. The van der Waals surface area contributed by atoms with Crippen molar-refractivity contribution in [1.29, 1.82) is 0 Å². The lowest BCUT2D eigenvalue weighted by atomic mass is 9.65. The zero-order valence-corrected chi connectivity index (χ0v) is 13.1. The molecule has 2 rings (SSSR count). The van der Waals surface area contributed by atoms with Crippen molar-refractivity contribution in [3.63, 3.8) is 0 Å². The molecule has 116 valence electrons. The largest absolute Gasteiger partial charge is 0.465 e. The maximum Gasteiger partial charge on any atom is 0.325 e. The summed E-state index contributed by atoms with van der Waals surface area (Å²) in [5, 5.41) is 0. The van der Waals surface area contributed by atoms with E-state index in [2.05, 4.69) is 0 Å². The minimum absolute atomic E-state index is 0.0910. The number of likely N-dealkylation sites (tertiary alicyclic amines) is 1. The zero-order chi connectivity index (χ0) is 15.2. The SMILES string of the molecule is CC.CCOC(=O)CN1CCC2(CC(OCC)C2)C1=O. The highest BCUT2D eigenvalue weighted by Crippen LogP contribution is 2.50. The monoisotopic (exact) mass is 285 g/mol. The normalized spacial score (nSPS) is 27.9. The Morgan fingerprint density at radius 1 is 1.30 bits per heavy atom. The molecule has 1 aliphatic heterocycles. The first-order valence-electron chi connectivity index (χ1n) is 7.68.